The molecule has 0 aromatic rings. The van der Waals surface area contributed by atoms with Crippen LogP contribution in [-0.4, -0.2) is 62.2 Å². The average molecular weight is 441 g/mol. The maximum atomic E-state index is 10.8. The van der Waals surface area contributed by atoms with Crippen molar-refractivity contribution in [2.45, 2.75) is 53.5 Å². The fourth-order valence-corrected chi connectivity index (χ4v) is 0.859. The molecule has 0 aromatic carbocycles. The predicted molar refractivity (Wildman–Crippen MR) is 99.6 cm³/mol. The Morgan fingerprint density at radius 2 is 1.50 bits per heavy atom. The SMILES string of the molecule is CCC(C)C.CCC(C)NC(=O)CNC.CN(C)CC(=O)O.[CH3-].[Pd]. The zero-order valence-corrected chi connectivity index (χ0v) is 18.6. The van der Waals surface area contributed by atoms with Crippen molar-refractivity contribution in [3.8, 4) is 0 Å². The van der Waals surface area contributed by atoms with Crippen molar-refractivity contribution in [2.75, 3.05) is 34.2 Å². The molecule has 0 bridgehead atoms. The van der Waals surface area contributed by atoms with E-state index in [4.69, 9.17) is 5.11 Å². The predicted octanol–water partition coefficient (Wildman–Crippen LogP) is 2.25. The molecule has 3 N–H and O–H groups in total. The van der Waals surface area contributed by atoms with Crippen molar-refractivity contribution in [3.05, 3.63) is 7.43 Å². The van der Waals surface area contributed by atoms with Gasteiger partial charge in [0.2, 0.25) is 5.91 Å². The summed E-state index contributed by atoms with van der Waals surface area (Å²) in [4.78, 5) is 22.2. The van der Waals surface area contributed by atoms with Gasteiger partial charge in [-0.05, 0) is 40.4 Å². The number of carbonyl (C=O) groups excluding carboxylic acids is 1. The number of rotatable bonds is 7. The summed E-state index contributed by atoms with van der Waals surface area (Å²) in [6.45, 7) is 11.2. The first-order valence-electron chi connectivity index (χ1n) is 7.90. The second-order valence-corrected chi connectivity index (χ2v) is 5.84. The fraction of sp³-hybridized carbons (Fsp3) is 0.824. The van der Waals surface area contributed by atoms with Gasteiger partial charge in [-0.1, -0.05) is 34.1 Å². The molecule has 0 heterocycles. The molecule has 0 saturated carbocycles. The smallest absolute Gasteiger partial charge is 0.317 e. The van der Waals surface area contributed by atoms with Gasteiger partial charge in [-0.15, -0.1) is 0 Å². The van der Waals surface area contributed by atoms with Crippen LogP contribution in [0.1, 0.15) is 47.5 Å². The number of hydrogen-bond acceptors (Lipinski definition) is 4. The van der Waals surface area contributed by atoms with Gasteiger partial charge in [-0.25, -0.2) is 0 Å². The summed E-state index contributed by atoms with van der Waals surface area (Å²) in [5, 5.41) is 13.7. The number of aliphatic carboxylic acids is 1. The molecule has 0 aliphatic heterocycles. The largest absolute Gasteiger partial charge is 0.480 e. The van der Waals surface area contributed by atoms with Gasteiger partial charge < -0.3 is 23.2 Å². The molecule has 24 heavy (non-hydrogen) atoms. The van der Waals surface area contributed by atoms with Crippen molar-refractivity contribution in [2.24, 2.45) is 5.92 Å². The molecular formula is C17H40N3O3Pd-. The third-order valence-corrected chi connectivity index (χ3v) is 2.63. The van der Waals surface area contributed by atoms with E-state index in [1.54, 1.807) is 26.0 Å². The molecule has 0 rings (SSSR count). The molecule has 1 unspecified atom stereocenters. The Hall–Kier alpha value is -0.478. The molecule has 1 atom stereocenters. The summed E-state index contributed by atoms with van der Waals surface area (Å²) in [5.74, 6) is 0.164. The van der Waals surface area contributed by atoms with Gasteiger partial charge >= 0.3 is 5.97 Å². The Balaban J connectivity index is -0.0000000764. The van der Waals surface area contributed by atoms with E-state index in [2.05, 4.69) is 31.4 Å². The number of hydrogen-bond donors (Lipinski definition) is 3. The van der Waals surface area contributed by atoms with Crippen LogP contribution < -0.4 is 10.6 Å². The number of likely N-dealkylation sites (N-methyl/N-ethyl adjacent to an activating group) is 2. The molecule has 0 aliphatic rings. The zero-order chi connectivity index (χ0) is 18.1. The summed E-state index contributed by atoms with van der Waals surface area (Å²) in [6.07, 6.45) is 2.29. The molecular weight excluding hydrogens is 401 g/mol. The van der Waals surface area contributed by atoms with E-state index in [0.717, 1.165) is 12.3 Å². The van der Waals surface area contributed by atoms with Gasteiger partial charge in [0.1, 0.15) is 0 Å². The first-order chi connectivity index (χ1) is 10.1. The minimum Gasteiger partial charge on any atom is -0.480 e. The summed E-state index contributed by atoms with van der Waals surface area (Å²) >= 11 is 0. The quantitative estimate of drug-likeness (QED) is 0.418. The maximum Gasteiger partial charge on any atom is 0.317 e. The van der Waals surface area contributed by atoms with Crippen LogP contribution in [0.15, 0.2) is 0 Å². The normalized spacial score (nSPS) is 10.1. The van der Waals surface area contributed by atoms with E-state index in [-0.39, 0.29) is 40.3 Å². The molecule has 0 aromatic heterocycles. The number of nitrogens with zero attached hydrogens (tertiary/aromatic N) is 1. The second kappa shape index (κ2) is 24.8. The first-order valence-corrected chi connectivity index (χ1v) is 7.90. The van der Waals surface area contributed by atoms with E-state index >= 15 is 0 Å². The molecule has 0 spiro atoms. The summed E-state index contributed by atoms with van der Waals surface area (Å²) < 4.78 is 0. The third-order valence-electron chi connectivity index (χ3n) is 2.63. The Labute approximate surface area is 163 Å². The van der Waals surface area contributed by atoms with E-state index < -0.39 is 5.97 Å². The Morgan fingerprint density at radius 3 is 1.67 bits per heavy atom. The van der Waals surface area contributed by atoms with Crippen molar-refractivity contribution >= 4 is 11.9 Å². The fourth-order valence-electron chi connectivity index (χ4n) is 0.859. The first kappa shape index (κ1) is 34.8. The third kappa shape index (κ3) is 43.0. The molecule has 6 nitrogen and oxygen atoms in total. The maximum absolute atomic E-state index is 10.8. The molecule has 0 aliphatic carbocycles. The van der Waals surface area contributed by atoms with Crippen LogP contribution in [0, 0.1) is 13.3 Å². The van der Waals surface area contributed by atoms with E-state index in [1.165, 1.54) is 6.42 Å². The summed E-state index contributed by atoms with van der Waals surface area (Å²) in [6, 6.07) is 0.292. The van der Waals surface area contributed by atoms with Gasteiger partial charge in [0, 0.05) is 26.5 Å². The van der Waals surface area contributed by atoms with Crippen LogP contribution in [0.3, 0.4) is 0 Å². The molecule has 0 radical (unpaired) electrons. The zero-order valence-electron chi connectivity index (χ0n) is 17.0. The Kier molecular flexibility index (Phi) is 35.9. The van der Waals surface area contributed by atoms with Crippen LogP contribution in [0.4, 0.5) is 0 Å². The van der Waals surface area contributed by atoms with Gasteiger partial charge in [0.15, 0.2) is 0 Å². The number of nitrogens with one attached hydrogen (secondary N) is 2. The monoisotopic (exact) mass is 440 g/mol. The number of carbonyl (C=O) groups is 2. The van der Waals surface area contributed by atoms with E-state index in [1.807, 2.05) is 13.8 Å². The Morgan fingerprint density at radius 1 is 1.08 bits per heavy atom. The summed E-state index contributed by atoms with van der Waals surface area (Å²) in [7, 11) is 5.19. The topological polar surface area (TPSA) is 81.7 Å². The van der Waals surface area contributed by atoms with Gasteiger partial charge in [-0.3, -0.25) is 14.5 Å². The molecule has 152 valence electrons. The average Bonchev–Trinajstić information content (AvgIpc) is 2.38. The van der Waals surface area contributed by atoms with Crippen LogP contribution in [-0.2, 0) is 30.0 Å². The number of carboxylic acids is 1. The van der Waals surface area contributed by atoms with Gasteiger partial charge in [0.05, 0.1) is 13.1 Å². The molecule has 0 saturated heterocycles. The Bertz CT molecular complexity index is 276. The van der Waals surface area contributed by atoms with Crippen LogP contribution in [0.25, 0.3) is 0 Å². The van der Waals surface area contributed by atoms with Crippen molar-refractivity contribution in [1.29, 1.82) is 0 Å². The van der Waals surface area contributed by atoms with Crippen molar-refractivity contribution < 1.29 is 35.1 Å². The van der Waals surface area contributed by atoms with E-state index in [9.17, 15) is 9.59 Å². The molecule has 7 heteroatoms. The summed E-state index contributed by atoms with van der Waals surface area (Å²) in [5.41, 5.74) is 0. The van der Waals surface area contributed by atoms with Crippen LogP contribution in [0.2, 0.25) is 0 Å². The van der Waals surface area contributed by atoms with Crippen molar-refractivity contribution in [1.82, 2.24) is 15.5 Å². The number of carboxylic acid groups (broad SMARTS) is 1. The van der Waals surface area contributed by atoms with Gasteiger partial charge in [-0.2, -0.15) is 0 Å². The number of amides is 1. The minimum absolute atomic E-state index is 0. The van der Waals surface area contributed by atoms with Crippen LogP contribution >= 0.6 is 0 Å². The molecule has 0 fully saturated rings. The van der Waals surface area contributed by atoms with Crippen LogP contribution in [0.5, 0.6) is 0 Å². The minimum atomic E-state index is -0.787. The second-order valence-electron chi connectivity index (χ2n) is 5.84. The standard InChI is InChI=1S/C7H16N2O.C5H12.C4H9NO2.CH3.Pd/c1-4-6(2)9-7(10)5-8-3;1-4-5(2)3;1-5(2)3-4(6)7;;/h6,8H,4-5H2,1-3H3,(H,9,10);5H,4H2,1-3H3;3H2,1-2H3,(H,6,7);1H3;/q;;;-1;. The van der Waals surface area contributed by atoms with Gasteiger partial charge in [0.25, 0.3) is 0 Å². The molecule has 1 amide bonds. The van der Waals surface area contributed by atoms with E-state index in [0.29, 0.717) is 12.6 Å². The van der Waals surface area contributed by atoms with Crippen molar-refractivity contribution in [3.63, 3.8) is 0 Å².